The molecule has 0 bridgehead atoms. The third-order valence-electron chi connectivity index (χ3n) is 0.146. The summed E-state index contributed by atoms with van der Waals surface area (Å²) < 4.78 is 0. The molecule has 5 heteroatoms. The molecule has 0 aromatic rings. The summed E-state index contributed by atoms with van der Waals surface area (Å²) in [6.45, 7) is 0. The number of hydrogen-bond donors (Lipinski definition) is 3. The first-order valence-corrected chi connectivity index (χ1v) is 1.57. The fourth-order valence-corrected chi connectivity index (χ4v) is 0.103. The molecule has 3 N–H and O–H groups in total. The molecule has 0 atom stereocenters. The van der Waals surface area contributed by atoms with Crippen molar-refractivity contribution in [3.8, 4) is 0 Å². The molecule has 0 amide bonds. The van der Waals surface area contributed by atoms with Gasteiger partial charge in [0.25, 0.3) is 0 Å². The van der Waals surface area contributed by atoms with Crippen molar-refractivity contribution in [1.29, 1.82) is 0 Å². The van der Waals surface area contributed by atoms with Gasteiger partial charge >= 0.3 is 5.30 Å². The number of thiol groups is 1. The fourth-order valence-electron chi connectivity index (χ4n) is 0.0504. The van der Waals surface area contributed by atoms with E-state index in [9.17, 15) is 4.79 Å². The van der Waals surface area contributed by atoms with Gasteiger partial charge in [0.1, 0.15) is 0 Å². The van der Waals surface area contributed by atoms with Crippen molar-refractivity contribution in [3.63, 3.8) is 0 Å². The van der Waals surface area contributed by atoms with Crippen LogP contribution in [0.3, 0.4) is 0 Å². The Labute approximate surface area is 40.0 Å². The lowest BCUT2D eigenvalue weighted by molar-refractivity contribution is 0.116. The van der Waals surface area contributed by atoms with Crippen molar-refractivity contribution in [2.45, 2.75) is 0 Å². The first-order valence-electron chi connectivity index (χ1n) is 1.12. The van der Waals surface area contributed by atoms with Crippen LogP contribution in [-0.2, 0) is 4.84 Å². The second-order valence-electron chi connectivity index (χ2n) is 0.486. The van der Waals surface area contributed by atoms with E-state index < -0.39 is 5.30 Å². The number of carbonyl (C=O) groups is 1. The average molecular weight is 108 g/mol. The summed E-state index contributed by atoms with van der Waals surface area (Å²) in [4.78, 5) is 13.3. The first kappa shape index (κ1) is 5.74. The van der Waals surface area contributed by atoms with E-state index in [1.807, 2.05) is 0 Å². The van der Waals surface area contributed by atoms with Gasteiger partial charge in [-0.3, -0.25) is 0 Å². The zero-order valence-electron chi connectivity index (χ0n) is 2.84. The fraction of sp³-hybridized carbons (Fsp3) is 0. The quantitative estimate of drug-likeness (QED) is 0.239. The lowest BCUT2D eigenvalue weighted by Crippen LogP contribution is -2.23. The van der Waals surface area contributed by atoms with E-state index in [0.29, 0.717) is 0 Å². The lowest BCUT2D eigenvalue weighted by Gasteiger charge is -1.89. The minimum Gasteiger partial charge on any atom is -0.347 e. The average Bonchev–Trinajstić information content (AvgIpc) is 1.35. The van der Waals surface area contributed by atoms with Gasteiger partial charge in [0, 0.05) is 0 Å². The van der Waals surface area contributed by atoms with Crippen LogP contribution >= 0.6 is 12.6 Å². The topological polar surface area (TPSA) is 64.3 Å². The molecule has 6 heavy (non-hydrogen) atoms. The van der Waals surface area contributed by atoms with Crippen LogP contribution in [0.5, 0.6) is 0 Å². The maximum absolute atomic E-state index is 9.54. The lowest BCUT2D eigenvalue weighted by atomic mass is 11.6. The largest absolute Gasteiger partial charge is 0.384 e. The van der Waals surface area contributed by atoms with Crippen molar-refractivity contribution in [2.75, 3.05) is 0 Å². The van der Waals surface area contributed by atoms with E-state index in [1.165, 1.54) is 0 Å². The maximum Gasteiger partial charge on any atom is 0.384 e. The van der Waals surface area contributed by atoms with Gasteiger partial charge in [-0.1, -0.05) is 18.2 Å². The van der Waals surface area contributed by atoms with Crippen LogP contribution in [0.25, 0.3) is 0 Å². The number of carbonyl (C=O) groups excluding carboxylic acids is 1. The molecule has 0 aromatic heterocycles. The van der Waals surface area contributed by atoms with Crippen molar-refractivity contribution in [3.05, 3.63) is 0 Å². The maximum atomic E-state index is 9.54. The number of nitrogens with one attached hydrogen (secondary N) is 1. The number of nitrogens with two attached hydrogens (primary N) is 1. The van der Waals surface area contributed by atoms with Crippen molar-refractivity contribution in [2.24, 2.45) is 5.84 Å². The zero-order chi connectivity index (χ0) is 4.99. The summed E-state index contributed by atoms with van der Waals surface area (Å²) in [5.74, 6) is 4.49. The van der Waals surface area contributed by atoms with E-state index in [2.05, 4.69) is 23.3 Å². The van der Waals surface area contributed by atoms with E-state index >= 15 is 0 Å². The van der Waals surface area contributed by atoms with Crippen LogP contribution in [0.2, 0.25) is 0 Å². The van der Waals surface area contributed by atoms with Crippen LogP contribution in [-0.4, -0.2) is 5.30 Å². The molecule has 0 aromatic carbocycles. The van der Waals surface area contributed by atoms with E-state index in [4.69, 9.17) is 0 Å². The molecule has 0 heterocycles. The highest BCUT2D eigenvalue weighted by molar-refractivity contribution is 7.96. The minimum atomic E-state index is -0.752. The molecule has 0 spiro atoms. The second-order valence-corrected chi connectivity index (χ2v) is 0.851. The molecular formula is CH4N2O2S. The predicted molar refractivity (Wildman–Crippen MR) is 22.8 cm³/mol. The van der Waals surface area contributed by atoms with Crippen molar-refractivity contribution < 1.29 is 9.63 Å². The Bertz CT molecular complexity index is 55.5. The van der Waals surface area contributed by atoms with Gasteiger partial charge in [0.2, 0.25) is 0 Å². The third kappa shape index (κ3) is 3.74. The van der Waals surface area contributed by atoms with Crippen LogP contribution in [0.4, 0.5) is 4.79 Å². The highest BCUT2D eigenvalue weighted by Gasteiger charge is 1.83. The molecule has 0 saturated carbocycles. The summed E-state index contributed by atoms with van der Waals surface area (Å²) in [5, 5.41) is -0.752. The molecule has 0 aliphatic heterocycles. The minimum absolute atomic E-state index is 0.752. The highest BCUT2D eigenvalue weighted by Crippen LogP contribution is 1.76. The van der Waals surface area contributed by atoms with E-state index in [1.54, 1.807) is 5.59 Å². The number of rotatable bonds is 1. The van der Waals surface area contributed by atoms with Gasteiger partial charge in [-0.2, -0.15) is 0 Å². The molecule has 0 aliphatic rings. The van der Waals surface area contributed by atoms with E-state index in [-0.39, 0.29) is 0 Å². The Morgan fingerprint density at radius 1 is 2.00 bits per heavy atom. The number of hydrazine groups is 1. The first-order chi connectivity index (χ1) is 2.77. The van der Waals surface area contributed by atoms with Crippen LogP contribution in [0.15, 0.2) is 0 Å². The summed E-state index contributed by atoms with van der Waals surface area (Å²) in [6.07, 6.45) is 0. The highest BCUT2D eigenvalue weighted by atomic mass is 32.1. The van der Waals surface area contributed by atoms with Gasteiger partial charge in [-0.05, 0) is 0 Å². The normalized spacial score (nSPS) is 7.67. The van der Waals surface area contributed by atoms with Crippen LogP contribution in [0.1, 0.15) is 0 Å². The Morgan fingerprint density at radius 2 is 2.50 bits per heavy atom. The molecule has 0 rings (SSSR count). The molecule has 0 radical (unpaired) electrons. The van der Waals surface area contributed by atoms with Gasteiger partial charge < -0.3 is 4.84 Å². The molecule has 0 unspecified atom stereocenters. The third-order valence-corrected chi connectivity index (χ3v) is 0.238. The van der Waals surface area contributed by atoms with Crippen molar-refractivity contribution in [1.82, 2.24) is 5.59 Å². The molecule has 36 valence electrons. The summed E-state index contributed by atoms with van der Waals surface area (Å²) >= 11 is 3.17. The van der Waals surface area contributed by atoms with Crippen molar-refractivity contribution >= 4 is 17.9 Å². The standard InChI is InChI=1S/CH4N2O2S/c2-3-5-1(4)6/h3H,2H2,(H,4,6). The summed E-state index contributed by atoms with van der Waals surface area (Å²) in [5.41, 5.74) is 1.64. The Morgan fingerprint density at radius 3 is 2.50 bits per heavy atom. The zero-order valence-corrected chi connectivity index (χ0v) is 3.74. The summed E-state index contributed by atoms with van der Waals surface area (Å²) in [6, 6.07) is 0. The predicted octanol–water partition coefficient (Wildman–Crippen LogP) is -0.569. The SMILES string of the molecule is NNOC(=O)S. The molecule has 4 nitrogen and oxygen atoms in total. The smallest absolute Gasteiger partial charge is 0.347 e. The molecule has 0 saturated heterocycles. The molecule has 0 aliphatic carbocycles. The Hall–Kier alpha value is -0.260. The van der Waals surface area contributed by atoms with Gasteiger partial charge in [0.15, 0.2) is 0 Å². The molecule has 0 fully saturated rings. The van der Waals surface area contributed by atoms with Gasteiger partial charge in [-0.25, -0.2) is 10.6 Å². The summed E-state index contributed by atoms with van der Waals surface area (Å²) in [7, 11) is 0. The Balaban J connectivity index is 2.83. The van der Waals surface area contributed by atoms with Crippen LogP contribution < -0.4 is 11.4 Å². The van der Waals surface area contributed by atoms with Gasteiger partial charge in [0.05, 0.1) is 0 Å². The van der Waals surface area contributed by atoms with Gasteiger partial charge in [-0.15, -0.1) is 0 Å². The Kier molecular flexibility index (Phi) is 2.82. The second kappa shape index (κ2) is 2.95. The number of hydrogen-bond acceptors (Lipinski definition) is 4. The monoisotopic (exact) mass is 108 g/mol. The van der Waals surface area contributed by atoms with Crippen LogP contribution in [0, 0.1) is 0 Å². The molecular weight excluding hydrogens is 104 g/mol. The van der Waals surface area contributed by atoms with E-state index in [0.717, 1.165) is 0 Å².